The van der Waals surface area contributed by atoms with Crippen LogP contribution in [0.2, 0.25) is 0 Å². The van der Waals surface area contributed by atoms with Gasteiger partial charge in [0.1, 0.15) is 11.1 Å². The quantitative estimate of drug-likeness (QED) is 0.723. The molecule has 2 aromatic carbocycles. The Bertz CT molecular complexity index is 784. The summed E-state index contributed by atoms with van der Waals surface area (Å²) in [5, 5.41) is -0.117. The molecule has 2 aromatic rings. The van der Waals surface area contributed by atoms with Crippen molar-refractivity contribution < 1.29 is 23.7 Å². The zero-order chi connectivity index (χ0) is 19.4. The van der Waals surface area contributed by atoms with Gasteiger partial charge >= 0.3 is 0 Å². The van der Waals surface area contributed by atoms with E-state index >= 15 is 0 Å². The maximum absolute atomic E-state index is 12.5. The lowest BCUT2D eigenvalue weighted by Gasteiger charge is -2.25. The average molecular weight is 389 g/mol. The van der Waals surface area contributed by atoms with Gasteiger partial charge in [0, 0.05) is 6.54 Å². The molecule has 1 heterocycles. The van der Waals surface area contributed by atoms with Crippen LogP contribution < -0.4 is 18.9 Å². The number of hydrogen-bond acceptors (Lipinski definition) is 6. The number of nitrogens with zero attached hydrogens (tertiary/aromatic N) is 1. The van der Waals surface area contributed by atoms with Gasteiger partial charge in [0.25, 0.3) is 0 Å². The van der Waals surface area contributed by atoms with E-state index in [0.29, 0.717) is 29.5 Å². The number of ether oxygens (including phenoxy) is 4. The van der Waals surface area contributed by atoms with Gasteiger partial charge in [-0.3, -0.25) is 4.79 Å². The van der Waals surface area contributed by atoms with E-state index in [4.69, 9.17) is 18.9 Å². The smallest absolute Gasteiger partial charge is 0.234 e. The van der Waals surface area contributed by atoms with Crippen LogP contribution in [0.4, 0.5) is 0 Å². The average Bonchev–Trinajstić information content (AvgIpc) is 3.07. The summed E-state index contributed by atoms with van der Waals surface area (Å²) in [6, 6.07) is 11.6. The molecule has 6 nitrogen and oxygen atoms in total. The van der Waals surface area contributed by atoms with Gasteiger partial charge < -0.3 is 23.8 Å². The van der Waals surface area contributed by atoms with E-state index in [1.807, 2.05) is 41.3 Å². The van der Waals surface area contributed by atoms with Crippen LogP contribution in [-0.2, 0) is 11.3 Å². The molecular weight excluding hydrogens is 366 g/mol. The van der Waals surface area contributed by atoms with E-state index in [0.717, 1.165) is 16.9 Å². The molecule has 1 amide bonds. The van der Waals surface area contributed by atoms with Crippen molar-refractivity contribution in [3.63, 3.8) is 0 Å². The molecule has 1 saturated heterocycles. The minimum absolute atomic E-state index is 0.106. The first-order valence-electron chi connectivity index (χ1n) is 8.45. The minimum Gasteiger partial charge on any atom is -0.497 e. The molecule has 144 valence electrons. The maximum Gasteiger partial charge on any atom is 0.234 e. The Balaban J connectivity index is 1.91. The molecule has 0 N–H and O–H groups in total. The fourth-order valence-corrected chi connectivity index (χ4v) is 4.24. The lowest BCUT2D eigenvalue weighted by molar-refractivity contribution is -0.128. The molecule has 0 aromatic heterocycles. The first-order chi connectivity index (χ1) is 13.1. The highest BCUT2D eigenvalue weighted by molar-refractivity contribution is 8.00. The highest BCUT2D eigenvalue weighted by Gasteiger charge is 2.34. The van der Waals surface area contributed by atoms with Crippen LogP contribution in [-0.4, -0.2) is 45.0 Å². The Labute approximate surface area is 163 Å². The second kappa shape index (κ2) is 8.43. The molecule has 0 radical (unpaired) electrons. The van der Waals surface area contributed by atoms with Gasteiger partial charge in [-0.15, -0.1) is 11.8 Å². The normalized spacial score (nSPS) is 16.4. The topological polar surface area (TPSA) is 57.2 Å². The summed E-state index contributed by atoms with van der Waals surface area (Å²) in [6.07, 6.45) is 0. The van der Waals surface area contributed by atoms with Crippen LogP contribution >= 0.6 is 11.8 Å². The van der Waals surface area contributed by atoms with Crippen molar-refractivity contribution in [2.45, 2.75) is 11.9 Å². The van der Waals surface area contributed by atoms with Crippen molar-refractivity contribution in [2.75, 3.05) is 34.2 Å². The van der Waals surface area contributed by atoms with Crippen molar-refractivity contribution >= 4 is 17.7 Å². The summed E-state index contributed by atoms with van der Waals surface area (Å²) in [7, 11) is 6.38. The van der Waals surface area contributed by atoms with Crippen LogP contribution in [0.3, 0.4) is 0 Å². The summed E-state index contributed by atoms with van der Waals surface area (Å²) < 4.78 is 21.5. The summed E-state index contributed by atoms with van der Waals surface area (Å²) >= 11 is 1.59. The standard InChI is InChI=1S/C20H23NO5S/c1-23-15-7-5-13(6-8-15)11-21-18(22)12-27-20(21)14-9-16(24-2)19(26-4)17(10-14)25-3/h5-10,20H,11-12H2,1-4H3/t20-/m0/s1. The van der Waals surface area contributed by atoms with Gasteiger partial charge in [0.2, 0.25) is 11.7 Å². The predicted octanol–water partition coefficient (Wildman–Crippen LogP) is 3.50. The maximum atomic E-state index is 12.5. The number of carbonyl (C=O) groups is 1. The Morgan fingerprint density at radius 2 is 1.59 bits per heavy atom. The second-order valence-electron chi connectivity index (χ2n) is 5.99. The SMILES string of the molecule is COc1ccc(CN2C(=O)CS[C@H]2c2cc(OC)c(OC)c(OC)c2)cc1. The highest BCUT2D eigenvalue weighted by Crippen LogP contribution is 2.46. The lowest BCUT2D eigenvalue weighted by atomic mass is 10.1. The number of amides is 1. The molecule has 0 aliphatic carbocycles. The molecule has 7 heteroatoms. The molecule has 0 unspecified atom stereocenters. The van der Waals surface area contributed by atoms with E-state index in [-0.39, 0.29) is 11.3 Å². The lowest BCUT2D eigenvalue weighted by Crippen LogP contribution is -2.27. The van der Waals surface area contributed by atoms with E-state index in [1.165, 1.54) is 0 Å². The fourth-order valence-electron chi connectivity index (χ4n) is 3.07. The van der Waals surface area contributed by atoms with Gasteiger partial charge in [-0.1, -0.05) is 12.1 Å². The van der Waals surface area contributed by atoms with Gasteiger partial charge in [-0.2, -0.15) is 0 Å². The summed E-state index contributed by atoms with van der Waals surface area (Å²) in [5.74, 6) is 3.04. The Morgan fingerprint density at radius 1 is 0.963 bits per heavy atom. The third-order valence-electron chi connectivity index (χ3n) is 4.45. The molecule has 0 bridgehead atoms. The van der Waals surface area contributed by atoms with Crippen molar-refractivity contribution in [1.29, 1.82) is 0 Å². The molecule has 1 fully saturated rings. The fraction of sp³-hybridized carbons (Fsp3) is 0.350. The first kappa shape index (κ1) is 19.2. The first-order valence-corrected chi connectivity index (χ1v) is 9.50. The second-order valence-corrected chi connectivity index (χ2v) is 7.06. The molecular formula is C20H23NO5S. The largest absolute Gasteiger partial charge is 0.497 e. The van der Waals surface area contributed by atoms with Crippen molar-refractivity contribution in [3.05, 3.63) is 47.5 Å². The van der Waals surface area contributed by atoms with E-state index in [2.05, 4.69) is 0 Å². The van der Waals surface area contributed by atoms with Gasteiger partial charge in [-0.05, 0) is 35.4 Å². The molecule has 1 aliphatic rings. The Hall–Kier alpha value is -2.54. The predicted molar refractivity (Wildman–Crippen MR) is 105 cm³/mol. The Kier molecular flexibility index (Phi) is 6.01. The highest BCUT2D eigenvalue weighted by atomic mass is 32.2. The summed E-state index contributed by atoms with van der Waals surface area (Å²) in [5.41, 5.74) is 1.98. The number of benzene rings is 2. The van der Waals surface area contributed by atoms with Crippen molar-refractivity contribution in [3.8, 4) is 23.0 Å². The monoisotopic (exact) mass is 389 g/mol. The van der Waals surface area contributed by atoms with Crippen LogP contribution in [0.1, 0.15) is 16.5 Å². The zero-order valence-corrected chi connectivity index (χ0v) is 16.7. The van der Waals surface area contributed by atoms with Crippen molar-refractivity contribution in [2.24, 2.45) is 0 Å². The van der Waals surface area contributed by atoms with Crippen molar-refractivity contribution in [1.82, 2.24) is 4.90 Å². The third-order valence-corrected chi connectivity index (χ3v) is 5.71. The number of hydrogen-bond donors (Lipinski definition) is 0. The van der Waals surface area contributed by atoms with Crippen LogP contribution in [0, 0.1) is 0 Å². The third kappa shape index (κ3) is 3.93. The van der Waals surface area contributed by atoms with Gasteiger partial charge in [0.05, 0.1) is 34.2 Å². The summed E-state index contributed by atoms with van der Waals surface area (Å²) in [6.45, 7) is 0.525. The number of methoxy groups -OCH3 is 4. The van der Waals surface area contributed by atoms with Gasteiger partial charge in [0.15, 0.2) is 11.5 Å². The molecule has 1 atom stereocenters. The number of thioether (sulfide) groups is 1. The van der Waals surface area contributed by atoms with E-state index in [9.17, 15) is 4.79 Å². The molecule has 27 heavy (non-hydrogen) atoms. The molecule has 0 spiro atoms. The zero-order valence-electron chi connectivity index (χ0n) is 15.9. The van der Waals surface area contributed by atoms with Crippen LogP contribution in [0.5, 0.6) is 23.0 Å². The Morgan fingerprint density at radius 3 is 2.11 bits per heavy atom. The van der Waals surface area contributed by atoms with Gasteiger partial charge in [-0.25, -0.2) is 0 Å². The molecule has 0 saturated carbocycles. The molecule has 3 rings (SSSR count). The van der Waals surface area contributed by atoms with E-state index in [1.54, 1.807) is 40.2 Å². The molecule has 1 aliphatic heterocycles. The van der Waals surface area contributed by atoms with E-state index < -0.39 is 0 Å². The summed E-state index contributed by atoms with van der Waals surface area (Å²) in [4.78, 5) is 14.4. The van der Waals surface area contributed by atoms with Crippen LogP contribution in [0.15, 0.2) is 36.4 Å². The minimum atomic E-state index is -0.117. The number of carbonyl (C=O) groups excluding carboxylic acids is 1. The number of rotatable bonds is 7. The van der Waals surface area contributed by atoms with Crippen LogP contribution in [0.25, 0.3) is 0 Å².